The number of nitrogens with zero attached hydrogens (tertiary/aromatic N) is 4. The summed E-state index contributed by atoms with van der Waals surface area (Å²) in [7, 11) is 0. The van der Waals surface area contributed by atoms with E-state index in [9.17, 15) is 14.4 Å². The van der Waals surface area contributed by atoms with Crippen molar-refractivity contribution in [2.75, 3.05) is 13.1 Å². The Morgan fingerprint density at radius 2 is 1.96 bits per heavy atom. The molecule has 0 aromatic carbocycles. The van der Waals surface area contributed by atoms with E-state index in [0.29, 0.717) is 43.7 Å². The summed E-state index contributed by atoms with van der Waals surface area (Å²) in [6.45, 7) is 3.69. The van der Waals surface area contributed by atoms with E-state index < -0.39 is 0 Å². The number of hydrogen-bond donors (Lipinski definition) is 2. The van der Waals surface area contributed by atoms with E-state index in [1.165, 1.54) is 6.20 Å². The van der Waals surface area contributed by atoms with Crippen molar-refractivity contribution in [3.63, 3.8) is 0 Å². The van der Waals surface area contributed by atoms with Gasteiger partial charge in [0.2, 0.25) is 0 Å². The van der Waals surface area contributed by atoms with Crippen LogP contribution in [0.2, 0.25) is 0 Å². The van der Waals surface area contributed by atoms with E-state index in [1.54, 1.807) is 9.47 Å². The second kappa shape index (κ2) is 7.13. The van der Waals surface area contributed by atoms with Crippen LogP contribution >= 0.6 is 0 Å². The summed E-state index contributed by atoms with van der Waals surface area (Å²) >= 11 is 0. The molecule has 2 aromatic heterocycles. The van der Waals surface area contributed by atoms with E-state index in [-0.39, 0.29) is 22.7 Å². The van der Waals surface area contributed by atoms with Gasteiger partial charge in [-0.25, -0.2) is 14.9 Å². The van der Waals surface area contributed by atoms with E-state index in [0.717, 1.165) is 31.5 Å². The quantitative estimate of drug-likeness (QED) is 0.799. The summed E-state index contributed by atoms with van der Waals surface area (Å²) in [6, 6.07) is 0. The monoisotopic (exact) mass is 372 g/mol. The Morgan fingerprint density at radius 3 is 2.59 bits per heavy atom. The Balaban J connectivity index is 1.38. The van der Waals surface area contributed by atoms with Crippen molar-refractivity contribution in [2.24, 2.45) is 5.92 Å². The molecule has 2 aromatic rings. The second-order valence-corrected chi connectivity index (χ2v) is 7.41. The van der Waals surface area contributed by atoms with Crippen LogP contribution in [0.4, 0.5) is 0 Å². The average Bonchev–Trinajstić information content (AvgIpc) is 3.46. The van der Waals surface area contributed by atoms with Gasteiger partial charge in [-0.3, -0.25) is 14.2 Å². The van der Waals surface area contributed by atoms with Gasteiger partial charge in [0, 0.05) is 38.2 Å². The fourth-order valence-electron chi connectivity index (χ4n) is 3.73. The lowest BCUT2D eigenvalue weighted by molar-refractivity contribution is 0.0687. The van der Waals surface area contributed by atoms with Gasteiger partial charge in [0.05, 0.1) is 0 Å². The third kappa shape index (κ3) is 3.58. The maximum Gasteiger partial charge on any atom is 0.343 e. The minimum atomic E-state index is -0.345. The zero-order valence-electron chi connectivity index (χ0n) is 15.4. The molecule has 144 valence electrons. The van der Waals surface area contributed by atoms with Gasteiger partial charge in [-0.05, 0) is 38.5 Å². The Kier molecular flexibility index (Phi) is 4.67. The molecule has 4 rings (SSSR count). The van der Waals surface area contributed by atoms with Crippen LogP contribution in [0, 0.1) is 5.92 Å². The highest BCUT2D eigenvalue weighted by Gasteiger charge is 2.29. The number of rotatable bonds is 5. The Hall–Kier alpha value is -2.71. The molecule has 1 aliphatic carbocycles. The van der Waals surface area contributed by atoms with Crippen LogP contribution in [0.1, 0.15) is 60.5 Å². The summed E-state index contributed by atoms with van der Waals surface area (Å²) in [5.41, 5.74) is -0.408. The van der Waals surface area contributed by atoms with Gasteiger partial charge >= 0.3 is 5.69 Å². The fraction of sp³-hybridized carbons (Fsp3) is 0.611. The molecule has 0 unspecified atom stereocenters. The molecule has 9 heteroatoms. The van der Waals surface area contributed by atoms with Gasteiger partial charge in [-0.2, -0.15) is 5.10 Å². The smallest absolute Gasteiger partial charge is 0.338 e. The predicted octanol–water partition coefficient (Wildman–Crippen LogP) is 0.647. The molecule has 1 saturated carbocycles. The summed E-state index contributed by atoms with van der Waals surface area (Å²) in [5, 5.41) is 6.61. The minimum Gasteiger partial charge on any atom is -0.338 e. The molecule has 0 atom stereocenters. The highest BCUT2D eigenvalue weighted by atomic mass is 16.2. The largest absolute Gasteiger partial charge is 0.343 e. The third-order valence-corrected chi connectivity index (χ3v) is 5.54. The molecule has 27 heavy (non-hydrogen) atoms. The Labute approximate surface area is 155 Å². The van der Waals surface area contributed by atoms with Crippen LogP contribution in [0.3, 0.4) is 0 Å². The first-order chi connectivity index (χ1) is 13.1. The number of amides is 1. The molecule has 9 nitrogen and oxygen atoms in total. The second-order valence-electron chi connectivity index (χ2n) is 7.41. The zero-order chi connectivity index (χ0) is 19.0. The standard InChI is InChI=1S/C18H24N6O3/c1-2-24-14(21-22-18(24)27)9-11-5-7-23(8-6-11)17(26)13-10-19-15(12-3-4-12)20-16(13)25/h10-12H,2-9H2,1H3,(H,22,27)(H,19,20,25). The average molecular weight is 372 g/mol. The van der Waals surface area contributed by atoms with E-state index in [4.69, 9.17) is 0 Å². The lowest BCUT2D eigenvalue weighted by Gasteiger charge is -2.31. The highest BCUT2D eigenvalue weighted by molar-refractivity contribution is 5.93. The molecule has 1 aliphatic heterocycles. The summed E-state index contributed by atoms with van der Waals surface area (Å²) in [4.78, 5) is 45.3. The zero-order valence-corrected chi connectivity index (χ0v) is 15.4. The first-order valence-electron chi connectivity index (χ1n) is 9.59. The van der Waals surface area contributed by atoms with Crippen molar-refractivity contribution in [1.82, 2.24) is 29.6 Å². The third-order valence-electron chi connectivity index (χ3n) is 5.54. The van der Waals surface area contributed by atoms with Crippen molar-refractivity contribution in [3.05, 3.63) is 44.2 Å². The molecule has 0 spiro atoms. The number of H-pyrrole nitrogens is 2. The normalized spacial score (nSPS) is 18.0. The molecule has 2 N–H and O–H groups in total. The van der Waals surface area contributed by atoms with Crippen LogP contribution in [-0.2, 0) is 13.0 Å². The van der Waals surface area contributed by atoms with Crippen molar-refractivity contribution in [3.8, 4) is 0 Å². The molecule has 1 saturated heterocycles. The van der Waals surface area contributed by atoms with Crippen molar-refractivity contribution < 1.29 is 4.79 Å². The number of carbonyl (C=O) groups is 1. The molecule has 0 radical (unpaired) electrons. The maximum absolute atomic E-state index is 12.7. The highest BCUT2D eigenvalue weighted by Crippen LogP contribution is 2.37. The number of carbonyl (C=O) groups excluding carboxylic acids is 1. The maximum atomic E-state index is 12.7. The molecule has 0 bridgehead atoms. The van der Waals surface area contributed by atoms with Crippen LogP contribution in [0.5, 0.6) is 0 Å². The molecule has 2 aliphatic rings. The summed E-state index contributed by atoms with van der Waals surface area (Å²) in [5.74, 6) is 1.91. The van der Waals surface area contributed by atoms with Crippen molar-refractivity contribution in [1.29, 1.82) is 0 Å². The molecule has 2 fully saturated rings. The lowest BCUT2D eigenvalue weighted by atomic mass is 9.93. The van der Waals surface area contributed by atoms with Gasteiger partial charge in [0.1, 0.15) is 17.2 Å². The van der Waals surface area contributed by atoms with Crippen LogP contribution in [0.25, 0.3) is 0 Å². The summed E-state index contributed by atoms with van der Waals surface area (Å²) in [6.07, 6.45) is 5.87. The topological polar surface area (TPSA) is 117 Å². The number of aromatic amines is 2. The van der Waals surface area contributed by atoms with Crippen LogP contribution < -0.4 is 11.2 Å². The van der Waals surface area contributed by atoms with Gasteiger partial charge in [-0.15, -0.1) is 0 Å². The van der Waals surface area contributed by atoms with E-state index >= 15 is 0 Å². The number of hydrogen-bond acceptors (Lipinski definition) is 5. The summed E-state index contributed by atoms with van der Waals surface area (Å²) < 4.78 is 1.64. The first kappa shape index (κ1) is 17.7. The number of piperidine rings is 1. The first-order valence-corrected chi connectivity index (χ1v) is 9.59. The van der Waals surface area contributed by atoms with E-state index in [1.807, 2.05) is 6.92 Å². The molecular weight excluding hydrogens is 348 g/mol. The number of nitrogens with one attached hydrogen (secondary N) is 2. The van der Waals surface area contributed by atoms with Crippen LogP contribution in [0.15, 0.2) is 15.8 Å². The van der Waals surface area contributed by atoms with Gasteiger partial charge in [0.25, 0.3) is 11.5 Å². The minimum absolute atomic E-state index is 0.116. The van der Waals surface area contributed by atoms with Gasteiger partial charge in [-0.1, -0.05) is 0 Å². The SMILES string of the molecule is CCn1c(CC2CCN(C(=O)c3cnc(C4CC4)[nH]c3=O)CC2)n[nH]c1=O. The Bertz CT molecular complexity index is 946. The number of likely N-dealkylation sites (tertiary alicyclic amines) is 1. The molecule has 3 heterocycles. The Morgan fingerprint density at radius 1 is 1.22 bits per heavy atom. The molecular formula is C18H24N6O3. The van der Waals surface area contributed by atoms with E-state index in [2.05, 4.69) is 20.2 Å². The van der Waals surface area contributed by atoms with Crippen LogP contribution in [-0.4, -0.2) is 48.6 Å². The fourth-order valence-corrected chi connectivity index (χ4v) is 3.73. The molecule has 1 amide bonds. The van der Waals surface area contributed by atoms with Crippen molar-refractivity contribution in [2.45, 2.75) is 51.5 Å². The number of aromatic nitrogens is 5. The van der Waals surface area contributed by atoms with Gasteiger partial charge in [0.15, 0.2) is 0 Å². The van der Waals surface area contributed by atoms with Crippen molar-refractivity contribution >= 4 is 5.91 Å². The van der Waals surface area contributed by atoms with Gasteiger partial charge < -0.3 is 9.88 Å². The predicted molar refractivity (Wildman–Crippen MR) is 97.7 cm³/mol. The lowest BCUT2D eigenvalue weighted by Crippen LogP contribution is -2.41.